The van der Waals surface area contributed by atoms with Crippen molar-refractivity contribution in [3.63, 3.8) is 0 Å². The average Bonchev–Trinajstić information content (AvgIpc) is 2.21. The molecule has 1 rings (SSSR count). The van der Waals surface area contributed by atoms with Crippen LogP contribution in [0.2, 0.25) is 5.02 Å². The lowest BCUT2D eigenvalue weighted by Gasteiger charge is -2.06. The summed E-state index contributed by atoms with van der Waals surface area (Å²) in [5.41, 5.74) is 0.625. The fourth-order valence-corrected chi connectivity index (χ4v) is 2.12. The van der Waals surface area contributed by atoms with Gasteiger partial charge in [0.1, 0.15) is 0 Å². The maximum atomic E-state index is 11.9. The zero-order valence-electron chi connectivity index (χ0n) is 9.59. The highest BCUT2D eigenvalue weighted by molar-refractivity contribution is 9.10. The molecule has 1 nitrogen and oxygen atoms in total. The number of halogens is 2. The van der Waals surface area contributed by atoms with E-state index in [0.29, 0.717) is 22.9 Å². The van der Waals surface area contributed by atoms with E-state index in [2.05, 4.69) is 29.8 Å². The molecule has 0 spiro atoms. The van der Waals surface area contributed by atoms with Crippen LogP contribution in [0, 0.1) is 5.92 Å². The summed E-state index contributed by atoms with van der Waals surface area (Å²) in [7, 11) is 0. The predicted molar refractivity (Wildman–Crippen MR) is 72.2 cm³/mol. The van der Waals surface area contributed by atoms with Gasteiger partial charge in [-0.2, -0.15) is 0 Å². The zero-order valence-corrected chi connectivity index (χ0v) is 11.9. The lowest BCUT2D eigenvalue weighted by molar-refractivity contribution is 0.0978. The fraction of sp³-hybridized carbons (Fsp3) is 0.462. The maximum Gasteiger partial charge on any atom is 0.164 e. The highest BCUT2D eigenvalue weighted by Crippen LogP contribution is 2.27. The lowest BCUT2D eigenvalue weighted by Crippen LogP contribution is -2.01. The Morgan fingerprint density at radius 3 is 2.75 bits per heavy atom. The molecule has 0 N–H and O–H groups in total. The third kappa shape index (κ3) is 3.91. The topological polar surface area (TPSA) is 17.1 Å². The maximum absolute atomic E-state index is 11.9. The van der Waals surface area contributed by atoms with Gasteiger partial charge in [0.2, 0.25) is 0 Å². The molecule has 0 saturated heterocycles. The van der Waals surface area contributed by atoms with Crippen molar-refractivity contribution < 1.29 is 4.79 Å². The summed E-state index contributed by atoms with van der Waals surface area (Å²) in [6, 6.07) is 5.46. The van der Waals surface area contributed by atoms with Crippen LogP contribution in [0.25, 0.3) is 0 Å². The first-order valence-electron chi connectivity index (χ1n) is 5.49. The Morgan fingerprint density at radius 1 is 1.44 bits per heavy atom. The molecule has 16 heavy (non-hydrogen) atoms. The van der Waals surface area contributed by atoms with Gasteiger partial charge in [-0.05, 0) is 40.4 Å². The molecule has 0 radical (unpaired) electrons. The van der Waals surface area contributed by atoms with Crippen LogP contribution in [0.1, 0.15) is 43.5 Å². The van der Waals surface area contributed by atoms with Gasteiger partial charge in [-0.1, -0.05) is 37.9 Å². The van der Waals surface area contributed by atoms with E-state index in [1.165, 1.54) is 0 Å². The van der Waals surface area contributed by atoms with Crippen LogP contribution in [0.5, 0.6) is 0 Å². The van der Waals surface area contributed by atoms with E-state index in [4.69, 9.17) is 11.6 Å². The van der Waals surface area contributed by atoms with Crippen LogP contribution in [-0.4, -0.2) is 5.78 Å². The third-order valence-corrected chi connectivity index (χ3v) is 3.73. The summed E-state index contributed by atoms with van der Waals surface area (Å²) >= 11 is 9.38. The second kappa shape index (κ2) is 6.41. The van der Waals surface area contributed by atoms with Gasteiger partial charge in [0.25, 0.3) is 0 Å². The number of hydrogen-bond acceptors (Lipinski definition) is 1. The van der Waals surface area contributed by atoms with Crippen LogP contribution in [0.3, 0.4) is 0 Å². The Balaban J connectivity index is 2.63. The Morgan fingerprint density at radius 2 is 2.12 bits per heavy atom. The number of rotatable bonds is 5. The van der Waals surface area contributed by atoms with E-state index in [1.807, 2.05) is 12.1 Å². The first-order valence-corrected chi connectivity index (χ1v) is 6.66. The molecule has 0 aromatic heterocycles. The van der Waals surface area contributed by atoms with Gasteiger partial charge in [0.15, 0.2) is 5.78 Å². The van der Waals surface area contributed by atoms with E-state index in [-0.39, 0.29) is 5.78 Å². The molecule has 0 atom stereocenters. The van der Waals surface area contributed by atoms with Gasteiger partial charge in [-0.15, -0.1) is 0 Å². The van der Waals surface area contributed by atoms with Crippen molar-refractivity contribution in [3.8, 4) is 0 Å². The Kier molecular flexibility index (Phi) is 5.50. The van der Waals surface area contributed by atoms with Gasteiger partial charge in [-0.25, -0.2) is 0 Å². The molecule has 0 fully saturated rings. The van der Waals surface area contributed by atoms with Gasteiger partial charge < -0.3 is 0 Å². The number of carbonyl (C=O) groups excluding carboxylic acids is 1. The summed E-state index contributed by atoms with van der Waals surface area (Å²) in [6.45, 7) is 4.33. The van der Waals surface area contributed by atoms with Crippen LogP contribution < -0.4 is 0 Å². The van der Waals surface area contributed by atoms with Crippen LogP contribution in [0.15, 0.2) is 22.7 Å². The second-order valence-corrected chi connectivity index (χ2v) is 5.54. The van der Waals surface area contributed by atoms with Crippen molar-refractivity contribution >= 4 is 33.3 Å². The van der Waals surface area contributed by atoms with Crippen molar-refractivity contribution in [2.45, 2.75) is 33.1 Å². The number of hydrogen-bond donors (Lipinski definition) is 0. The normalized spacial score (nSPS) is 10.8. The van der Waals surface area contributed by atoms with E-state index in [0.717, 1.165) is 17.3 Å². The monoisotopic (exact) mass is 302 g/mol. The molecule has 0 aliphatic rings. The summed E-state index contributed by atoms with van der Waals surface area (Å²) in [5.74, 6) is 0.776. The molecule has 1 aromatic carbocycles. The summed E-state index contributed by atoms with van der Waals surface area (Å²) < 4.78 is 0.781. The molecule has 88 valence electrons. The number of ketones is 1. The number of benzene rings is 1. The van der Waals surface area contributed by atoms with E-state index >= 15 is 0 Å². The number of carbonyl (C=O) groups is 1. The third-order valence-electron chi connectivity index (χ3n) is 2.44. The van der Waals surface area contributed by atoms with Gasteiger partial charge in [0.05, 0.1) is 5.02 Å². The first-order chi connectivity index (χ1) is 7.52. The molecule has 0 amide bonds. The average molecular weight is 304 g/mol. The van der Waals surface area contributed by atoms with E-state index < -0.39 is 0 Å². The van der Waals surface area contributed by atoms with Crippen molar-refractivity contribution in [1.29, 1.82) is 0 Å². The Hall–Kier alpha value is -0.340. The Bertz CT molecular complexity index is 374. The van der Waals surface area contributed by atoms with Crippen LogP contribution in [0.4, 0.5) is 0 Å². The van der Waals surface area contributed by atoms with Crippen LogP contribution >= 0.6 is 27.5 Å². The van der Waals surface area contributed by atoms with Crippen LogP contribution in [-0.2, 0) is 0 Å². The standard InChI is InChI=1S/C13H16BrClO/c1-9(2)5-3-8-12(16)10-6-4-7-11(14)13(10)15/h4,6-7,9H,3,5,8H2,1-2H3. The zero-order chi connectivity index (χ0) is 12.1. The molecule has 0 aliphatic carbocycles. The highest BCUT2D eigenvalue weighted by Gasteiger charge is 2.11. The fourth-order valence-electron chi connectivity index (χ4n) is 1.52. The van der Waals surface area contributed by atoms with Crippen molar-refractivity contribution in [3.05, 3.63) is 33.3 Å². The largest absolute Gasteiger partial charge is 0.294 e. The molecule has 1 aromatic rings. The first kappa shape index (κ1) is 13.7. The molecule has 3 heteroatoms. The van der Waals surface area contributed by atoms with Crippen molar-refractivity contribution in [2.24, 2.45) is 5.92 Å². The van der Waals surface area contributed by atoms with E-state index in [9.17, 15) is 4.79 Å². The van der Waals surface area contributed by atoms with Gasteiger partial charge in [0, 0.05) is 16.5 Å². The minimum Gasteiger partial charge on any atom is -0.294 e. The molecule has 0 saturated carbocycles. The minimum atomic E-state index is 0.131. The predicted octanol–water partition coefficient (Wildman–Crippen LogP) is 5.11. The molecule has 0 heterocycles. The van der Waals surface area contributed by atoms with Crippen molar-refractivity contribution in [2.75, 3.05) is 0 Å². The summed E-state index contributed by atoms with van der Waals surface area (Å²) in [6.07, 6.45) is 2.59. The summed E-state index contributed by atoms with van der Waals surface area (Å²) in [5, 5.41) is 0.525. The highest BCUT2D eigenvalue weighted by atomic mass is 79.9. The number of Topliss-reactive ketones (excluding diaryl/α,β-unsaturated/α-hetero) is 1. The van der Waals surface area contributed by atoms with Gasteiger partial charge in [-0.3, -0.25) is 4.79 Å². The summed E-state index contributed by atoms with van der Waals surface area (Å²) in [4.78, 5) is 11.9. The quantitative estimate of drug-likeness (QED) is 0.691. The molecule has 0 unspecified atom stereocenters. The lowest BCUT2D eigenvalue weighted by atomic mass is 10.0. The minimum absolute atomic E-state index is 0.131. The van der Waals surface area contributed by atoms with Gasteiger partial charge >= 0.3 is 0 Å². The molecular weight excluding hydrogens is 287 g/mol. The van der Waals surface area contributed by atoms with E-state index in [1.54, 1.807) is 6.07 Å². The second-order valence-electron chi connectivity index (χ2n) is 4.31. The smallest absolute Gasteiger partial charge is 0.164 e. The molecule has 0 bridgehead atoms. The Labute approximate surface area is 110 Å². The SMILES string of the molecule is CC(C)CCCC(=O)c1cccc(Br)c1Cl. The molecular formula is C13H16BrClO. The van der Waals surface area contributed by atoms with Crippen molar-refractivity contribution in [1.82, 2.24) is 0 Å². The molecule has 0 aliphatic heterocycles.